The number of carbonyl (C=O) groups excluding carboxylic acids is 2. The van der Waals surface area contributed by atoms with E-state index in [1.54, 1.807) is 0 Å². The number of rotatable bonds is 5. The van der Waals surface area contributed by atoms with Gasteiger partial charge in [-0.2, -0.15) is 0 Å². The first-order chi connectivity index (χ1) is 8.56. The van der Waals surface area contributed by atoms with Crippen LogP contribution in [0.3, 0.4) is 0 Å². The maximum absolute atomic E-state index is 13.3. The van der Waals surface area contributed by atoms with Gasteiger partial charge < -0.3 is 5.32 Å². The molecule has 0 spiro atoms. The molecule has 1 aromatic carbocycles. The fourth-order valence-electron chi connectivity index (χ4n) is 1.60. The molecule has 0 aliphatic heterocycles. The molecular formula is C13H13F2NO2. The Labute approximate surface area is 103 Å². The Balaban J connectivity index is 1.90. The number of Topliss-reactive ketones (excluding diaryl/α,β-unsaturated/α-hetero) is 1. The zero-order valence-electron chi connectivity index (χ0n) is 9.71. The van der Waals surface area contributed by atoms with Gasteiger partial charge in [0.1, 0.15) is 11.6 Å². The Morgan fingerprint density at radius 3 is 2.61 bits per heavy atom. The molecule has 3 nitrogen and oxygen atoms in total. The average Bonchev–Trinajstić information content (AvgIpc) is 3.13. The van der Waals surface area contributed by atoms with E-state index in [2.05, 4.69) is 5.32 Å². The molecule has 1 aliphatic rings. The number of halogens is 2. The molecule has 18 heavy (non-hydrogen) atoms. The highest BCUT2D eigenvalue weighted by atomic mass is 19.1. The average molecular weight is 253 g/mol. The molecule has 1 aromatic rings. The smallest absolute Gasteiger partial charge is 0.220 e. The van der Waals surface area contributed by atoms with E-state index in [0.717, 1.165) is 31.0 Å². The molecule has 0 aromatic heterocycles. The molecule has 1 aliphatic carbocycles. The first-order valence-electron chi connectivity index (χ1n) is 5.84. The van der Waals surface area contributed by atoms with E-state index in [4.69, 9.17) is 0 Å². The molecule has 0 unspecified atom stereocenters. The van der Waals surface area contributed by atoms with E-state index in [1.807, 2.05) is 0 Å². The Kier molecular flexibility index (Phi) is 3.69. The van der Waals surface area contributed by atoms with E-state index in [9.17, 15) is 18.4 Å². The number of carbonyl (C=O) groups is 2. The van der Waals surface area contributed by atoms with Gasteiger partial charge in [-0.1, -0.05) is 0 Å². The summed E-state index contributed by atoms with van der Waals surface area (Å²) in [5.41, 5.74) is -0.297. The Hall–Kier alpha value is -1.78. The summed E-state index contributed by atoms with van der Waals surface area (Å²) in [5.74, 6) is -2.20. The number of nitrogens with one attached hydrogen (secondary N) is 1. The van der Waals surface area contributed by atoms with Gasteiger partial charge in [0.2, 0.25) is 5.91 Å². The van der Waals surface area contributed by atoms with Crippen LogP contribution < -0.4 is 5.32 Å². The van der Waals surface area contributed by atoms with Crippen molar-refractivity contribution in [2.45, 2.75) is 31.7 Å². The van der Waals surface area contributed by atoms with Crippen molar-refractivity contribution in [3.8, 4) is 0 Å². The predicted molar refractivity (Wildman–Crippen MR) is 61.1 cm³/mol. The van der Waals surface area contributed by atoms with Crippen LogP contribution in [-0.4, -0.2) is 17.7 Å². The predicted octanol–water partition coefficient (Wildman–Crippen LogP) is 2.21. The van der Waals surface area contributed by atoms with E-state index in [1.165, 1.54) is 0 Å². The SMILES string of the molecule is O=C(CCC(=O)c1cc(F)ccc1F)NC1CC1. The van der Waals surface area contributed by atoms with Gasteiger partial charge in [-0.25, -0.2) is 8.78 Å². The lowest BCUT2D eigenvalue weighted by Gasteiger charge is -2.04. The minimum absolute atomic E-state index is 0.00524. The second kappa shape index (κ2) is 5.25. The number of benzene rings is 1. The van der Waals surface area contributed by atoms with E-state index >= 15 is 0 Å². The Morgan fingerprint density at radius 1 is 1.22 bits per heavy atom. The van der Waals surface area contributed by atoms with Crippen molar-refractivity contribution in [2.75, 3.05) is 0 Å². The third kappa shape index (κ3) is 3.35. The lowest BCUT2D eigenvalue weighted by Crippen LogP contribution is -2.25. The number of hydrogen-bond donors (Lipinski definition) is 1. The molecule has 0 heterocycles. The minimum atomic E-state index is -0.760. The molecule has 5 heteroatoms. The van der Waals surface area contributed by atoms with Gasteiger partial charge in [-0.05, 0) is 31.0 Å². The third-order valence-corrected chi connectivity index (χ3v) is 2.75. The van der Waals surface area contributed by atoms with E-state index in [-0.39, 0.29) is 30.4 Å². The molecular weight excluding hydrogens is 240 g/mol. The summed E-state index contributed by atoms with van der Waals surface area (Å²) >= 11 is 0. The summed E-state index contributed by atoms with van der Waals surface area (Å²) in [4.78, 5) is 23.0. The van der Waals surface area contributed by atoms with E-state index < -0.39 is 17.4 Å². The number of hydrogen-bond acceptors (Lipinski definition) is 2. The van der Waals surface area contributed by atoms with Crippen LogP contribution in [0.15, 0.2) is 18.2 Å². The van der Waals surface area contributed by atoms with Crippen molar-refractivity contribution in [2.24, 2.45) is 0 Å². The Morgan fingerprint density at radius 2 is 1.94 bits per heavy atom. The molecule has 1 fully saturated rings. The summed E-state index contributed by atoms with van der Waals surface area (Å²) in [6.45, 7) is 0. The molecule has 1 amide bonds. The van der Waals surface area contributed by atoms with Gasteiger partial charge in [-0.3, -0.25) is 9.59 Å². The second-order valence-corrected chi connectivity index (χ2v) is 4.39. The maximum atomic E-state index is 13.3. The van der Waals surface area contributed by atoms with Crippen LogP contribution >= 0.6 is 0 Å². The molecule has 0 saturated heterocycles. The second-order valence-electron chi connectivity index (χ2n) is 4.39. The Bertz CT molecular complexity index is 484. The molecule has 0 radical (unpaired) electrons. The standard InChI is InChI=1S/C13H13F2NO2/c14-8-1-4-11(15)10(7-8)12(17)5-6-13(18)16-9-2-3-9/h1,4,7,9H,2-3,5-6H2,(H,16,18). The summed E-state index contributed by atoms with van der Waals surface area (Å²) in [6.07, 6.45) is 1.83. The van der Waals surface area contributed by atoms with Crippen molar-refractivity contribution >= 4 is 11.7 Å². The fraction of sp³-hybridized carbons (Fsp3) is 0.385. The summed E-state index contributed by atoms with van der Waals surface area (Å²) in [6, 6.07) is 2.95. The van der Waals surface area contributed by atoms with Crippen molar-refractivity contribution in [3.63, 3.8) is 0 Å². The van der Waals surface area contributed by atoms with Crippen molar-refractivity contribution < 1.29 is 18.4 Å². The highest BCUT2D eigenvalue weighted by Crippen LogP contribution is 2.19. The molecule has 0 atom stereocenters. The molecule has 96 valence electrons. The van der Waals surface area contributed by atoms with Crippen molar-refractivity contribution in [3.05, 3.63) is 35.4 Å². The minimum Gasteiger partial charge on any atom is -0.353 e. The highest BCUT2D eigenvalue weighted by molar-refractivity contribution is 5.98. The van der Waals surface area contributed by atoms with Crippen molar-refractivity contribution in [1.82, 2.24) is 5.32 Å². The topological polar surface area (TPSA) is 46.2 Å². The van der Waals surface area contributed by atoms with Crippen LogP contribution in [-0.2, 0) is 4.79 Å². The van der Waals surface area contributed by atoms with Crippen LogP contribution in [0.5, 0.6) is 0 Å². The van der Waals surface area contributed by atoms with Gasteiger partial charge in [-0.15, -0.1) is 0 Å². The lowest BCUT2D eigenvalue weighted by atomic mass is 10.1. The number of ketones is 1. The maximum Gasteiger partial charge on any atom is 0.220 e. The first kappa shape index (κ1) is 12.7. The van der Waals surface area contributed by atoms with Gasteiger partial charge >= 0.3 is 0 Å². The van der Waals surface area contributed by atoms with Gasteiger partial charge in [0.25, 0.3) is 0 Å². The van der Waals surface area contributed by atoms with Crippen LogP contribution in [0, 0.1) is 11.6 Å². The quantitative estimate of drug-likeness (QED) is 0.818. The van der Waals surface area contributed by atoms with Crippen LogP contribution in [0.1, 0.15) is 36.0 Å². The summed E-state index contributed by atoms with van der Waals surface area (Å²) in [7, 11) is 0. The molecule has 0 bridgehead atoms. The molecule has 1 N–H and O–H groups in total. The monoisotopic (exact) mass is 253 g/mol. The van der Waals surface area contributed by atoms with Gasteiger partial charge in [0.15, 0.2) is 5.78 Å². The highest BCUT2D eigenvalue weighted by Gasteiger charge is 2.23. The number of amides is 1. The zero-order valence-corrected chi connectivity index (χ0v) is 9.71. The van der Waals surface area contributed by atoms with E-state index in [0.29, 0.717) is 0 Å². The van der Waals surface area contributed by atoms with Gasteiger partial charge in [0.05, 0.1) is 5.56 Å². The fourth-order valence-corrected chi connectivity index (χ4v) is 1.60. The lowest BCUT2D eigenvalue weighted by molar-refractivity contribution is -0.121. The van der Waals surface area contributed by atoms with Gasteiger partial charge in [0, 0.05) is 18.9 Å². The van der Waals surface area contributed by atoms with Crippen LogP contribution in [0.4, 0.5) is 8.78 Å². The third-order valence-electron chi connectivity index (χ3n) is 2.75. The molecule has 1 saturated carbocycles. The summed E-state index contributed by atoms with van der Waals surface area (Å²) in [5, 5.41) is 2.73. The largest absolute Gasteiger partial charge is 0.353 e. The van der Waals surface area contributed by atoms with Crippen LogP contribution in [0.25, 0.3) is 0 Å². The van der Waals surface area contributed by atoms with Crippen molar-refractivity contribution in [1.29, 1.82) is 0 Å². The van der Waals surface area contributed by atoms with Crippen LogP contribution in [0.2, 0.25) is 0 Å². The normalized spacial score (nSPS) is 14.3. The zero-order chi connectivity index (χ0) is 13.1. The first-order valence-corrected chi connectivity index (χ1v) is 5.84. The molecule has 2 rings (SSSR count). The summed E-state index contributed by atoms with van der Waals surface area (Å²) < 4.78 is 26.2.